The fraction of sp³-hybridized carbons (Fsp3) is 0.364. The van der Waals surface area contributed by atoms with Gasteiger partial charge in [0.1, 0.15) is 5.78 Å². The molecule has 0 aliphatic carbocycles. The molecule has 13 heavy (non-hydrogen) atoms. The maximum atomic E-state index is 11.3. The minimum absolute atomic E-state index is 0.338. The molecule has 1 aromatic carbocycles. The van der Waals surface area contributed by atoms with E-state index in [1.54, 1.807) is 0 Å². The molecule has 0 spiro atoms. The smallest absolute Gasteiger partial charge is 0.137 e. The molecule has 70 valence electrons. The second kappa shape index (κ2) is 5.37. The van der Waals surface area contributed by atoms with Gasteiger partial charge in [-0.15, -0.1) is 0 Å². The first-order chi connectivity index (χ1) is 6.22. The molecule has 0 atom stereocenters. The van der Waals surface area contributed by atoms with Gasteiger partial charge in [0, 0.05) is 16.4 Å². The van der Waals surface area contributed by atoms with E-state index in [1.807, 2.05) is 25.1 Å². The molecule has 0 amide bonds. The molecule has 0 radical (unpaired) electrons. The summed E-state index contributed by atoms with van der Waals surface area (Å²) in [6.07, 6.45) is 2.24. The van der Waals surface area contributed by atoms with Crippen LogP contribution in [0.3, 0.4) is 0 Å². The van der Waals surface area contributed by atoms with Crippen LogP contribution in [-0.2, 0) is 11.2 Å². The monoisotopic (exact) mass is 288 g/mol. The number of rotatable bonds is 4. The number of Topliss-reactive ketones (excluding diaryl/α,β-unsaturated/α-hetero) is 1. The Morgan fingerprint density at radius 3 is 2.85 bits per heavy atom. The van der Waals surface area contributed by atoms with Crippen LogP contribution in [0, 0.1) is 3.57 Å². The standard InChI is InChI=1S/C11H13IO/c1-2-4-11(13)8-9-5-3-6-10(12)7-9/h3,5-7H,2,4,8H2,1H3. The predicted octanol–water partition coefficient (Wildman–Crippen LogP) is 3.20. The van der Waals surface area contributed by atoms with Crippen LogP contribution < -0.4 is 0 Å². The highest BCUT2D eigenvalue weighted by Gasteiger charge is 2.01. The van der Waals surface area contributed by atoms with E-state index in [2.05, 4.69) is 28.7 Å². The highest BCUT2D eigenvalue weighted by Crippen LogP contribution is 2.09. The molecule has 0 N–H and O–H groups in total. The summed E-state index contributed by atoms with van der Waals surface area (Å²) in [6, 6.07) is 8.11. The molecule has 0 unspecified atom stereocenters. The Hall–Kier alpha value is -0.380. The zero-order valence-corrected chi connectivity index (χ0v) is 9.87. The normalized spacial score (nSPS) is 10.0. The average Bonchev–Trinajstić information content (AvgIpc) is 2.04. The molecule has 0 saturated heterocycles. The number of carbonyl (C=O) groups excluding carboxylic acids is 1. The van der Waals surface area contributed by atoms with Gasteiger partial charge in [-0.1, -0.05) is 19.1 Å². The lowest BCUT2D eigenvalue weighted by atomic mass is 10.1. The number of ketones is 1. The van der Waals surface area contributed by atoms with E-state index in [9.17, 15) is 4.79 Å². The van der Waals surface area contributed by atoms with Gasteiger partial charge in [0.05, 0.1) is 0 Å². The summed E-state index contributed by atoms with van der Waals surface area (Å²) < 4.78 is 1.19. The molecule has 0 aliphatic heterocycles. The van der Waals surface area contributed by atoms with E-state index >= 15 is 0 Å². The van der Waals surface area contributed by atoms with E-state index in [4.69, 9.17) is 0 Å². The van der Waals surface area contributed by atoms with Crippen LogP contribution in [0.1, 0.15) is 25.3 Å². The van der Waals surface area contributed by atoms with Crippen LogP contribution >= 0.6 is 22.6 Å². The van der Waals surface area contributed by atoms with Crippen molar-refractivity contribution in [3.63, 3.8) is 0 Å². The van der Waals surface area contributed by atoms with Crippen molar-refractivity contribution in [1.82, 2.24) is 0 Å². The molecule has 0 heterocycles. The van der Waals surface area contributed by atoms with Gasteiger partial charge in [-0.3, -0.25) is 4.79 Å². The summed E-state index contributed by atoms with van der Waals surface area (Å²) >= 11 is 2.26. The zero-order valence-electron chi connectivity index (χ0n) is 7.72. The van der Waals surface area contributed by atoms with Crippen LogP contribution in [0.5, 0.6) is 0 Å². The number of hydrogen-bond acceptors (Lipinski definition) is 1. The molecule has 0 bridgehead atoms. The van der Waals surface area contributed by atoms with Gasteiger partial charge < -0.3 is 0 Å². The largest absolute Gasteiger partial charge is 0.299 e. The van der Waals surface area contributed by atoms with Crippen LogP contribution in [0.2, 0.25) is 0 Å². The highest BCUT2D eigenvalue weighted by molar-refractivity contribution is 14.1. The Morgan fingerprint density at radius 1 is 1.46 bits per heavy atom. The van der Waals surface area contributed by atoms with Crippen molar-refractivity contribution >= 4 is 28.4 Å². The van der Waals surface area contributed by atoms with Gasteiger partial charge in [-0.25, -0.2) is 0 Å². The Labute approximate surface area is 92.7 Å². The second-order valence-corrected chi connectivity index (χ2v) is 4.34. The third-order valence-electron chi connectivity index (χ3n) is 1.82. The van der Waals surface area contributed by atoms with Crippen LogP contribution in [0.15, 0.2) is 24.3 Å². The van der Waals surface area contributed by atoms with Crippen molar-refractivity contribution < 1.29 is 4.79 Å². The Bertz CT molecular complexity index is 294. The summed E-state index contributed by atoms with van der Waals surface area (Å²) in [4.78, 5) is 11.3. The molecular formula is C11H13IO. The molecule has 2 heteroatoms. The van der Waals surface area contributed by atoms with Crippen molar-refractivity contribution in [3.05, 3.63) is 33.4 Å². The second-order valence-electron chi connectivity index (χ2n) is 3.10. The Balaban J connectivity index is 2.58. The van der Waals surface area contributed by atoms with Crippen molar-refractivity contribution in [1.29, 1.82) is 0 Å². The fourth-order valence-electron chi connectivity index (χ4n) is 1.24. The summed E-state index contributed by atoms with van der Waals surface area (Å²) in [5.74, 6) is 0.338. The maximum absolute atomic E-state index is 11.3. The summed E-state index contributed by atoms with van der Waals surface area (Å²) in [5.41, 5.74) is 1.13. The Kier molecular flexibility index (Phi) is 4.42. The summed E-state index contributed by atoms with van der Waals surface area (Å²) in [6.45, 7) is 2.03. The van der Waals surface area contributed by atoms with E-state index in [0.717, 1.165) is 12.0 Å². The minimum Gasteiger partial charge on any atom is -0.299 e. The van der Waals surface area contributed by atoms with Gasteiger partial charge in [0.25, 0.3) is 0 Å². The van der Waals surface area contributed by atoms with Crippen molar-refractivity contribution in [2.75, 3.05) is 0 Å². The third-order valence-corrected chi connectivity index (χ3v) is 2.49. The van der Waals surface area contributed by atoms with E-state index in [0.29, 0.717) is 18.6 Å². The number of benzene rings is 1. The molecule has 0 fully saturated rings. The molecule has 0 aromatic heterocycles. The maximum Gasteiger partial charge on any atom is 0.137 e. The van der Waals surface area contributed by atoms with Gasteiger partial charge >= 0.3 is 0 Å². The molecular weight excluding hydrogens is 275 g/mol. The topological polar surface area (TPSA) is 17.1 Å². The van der Waals surface area contributed by atoms with Gasteiger partial charge in [0.2, 0.25) is 0 Å². The van der Waals surface area contributed by atoms with Crippen molar-refractivity contribution in [2.24, 2.45) is 0 Å². The van der Waals surface area contributed by atoms with Crippen molar-refractivity contribution in [2.45, 2.75) is 26.2 Å². The van der Waals surface area contributed by atoms with E-state index in [-0.39, 0.29) is 0 Å². The Morgan fingerprint density at radius 2 is 2.23 bits per heavy atom. The van der Waals surface area contributed by atoms with E-state index in [1.165, 1.54) is 3.57 Å². The molecule has 1 aromatic rings. The van der Waals surface area contributed by atoms with Crippen molar-refractivity contribution in [3.8, 4) is 0 Å². The lowest BCUT2D eigenvalue weighted by Gasteiger charge is -2.00. The molecule has 0 aliphatic rings. The average molecular weight is 288 g/mol. The predicted molar refractivity (Wildman–Crippen MR) is 62.8 cm³/mol. The van der Waals surface area contributed by atoms with E-state index < -0.39 is 0 Å². The minimum atomic E-state index is 0.338. The molecule has 0 saturated carbocycles. The molecule has 1 nitrogen and oxygen atoms in total. The first-order valence-electron chi connectivity index (χ1n) is 4.48. The lowest BCUT2D eigenvalue weighted by molar-refractivity contribution is -0.118. The first-order valence-corrected chi connectivity index (χ1v) is 5.56. The van der Waals surface area contributed by atoms with Gasteiger partial charge in [-0.2, -0.15) is 0 Å². The molecule has 1 rings (SSSR count). The SMILES string of the molecule is CCCC(=O)Cc1cccc(I)c1. The quantitative estimate of drug-likeness (QED) is 0.778. The fourth-order valence-corrected chi connectivity index (χ4v) is 1.85. The van der Waals surface area contributed by atoms with Crippen LogP contribution in [0.25, 0.3) is 0 Å². The number of carbonyl (C=O) groups is 1. The highest BCUT2D eigenvalue weighted by atomic mass is 127. The zero-order chi connectivity index (χ0) is 9.68. The van der Waals surface area contributed by atoms with Crippen LogP contribution in [-0.4, -0.2) is 5.78 Å². The summed E-state index contributed by atoms with van der Waals surface area (Å²) in [7, 11) is 0. The number of halogens is 1. The number of hydrogen-bond donors (Lipinski definition) is 0. The van der Waals surface area contributed by atoms with Gasteiger partial charge in [0.15, 0.2) is 0 Å². The first kappa shape index (κ1) is 10.7. The summed E-state index contributed by atoms with van der Waals surface area (Å²) in [5, 5.41) is 0. The lowest BCUT2D eigenvalue weighted by Crippen LogP contribution is -2.01. The van der Waals surface area contributed by atoms with Crippen LogP contribution in [0.4, 0.5) is 0 Å². The van der Waals surface area contributed by atoms with Gasteiger partial charge in [-0.05, 0) is 46.7 Å². The third kappa shape index (κ3) is 3.89.